The van der Waals surface area contributed by atoms with Gasteiger partial charge in [0.25, 0.3) is 5.91 Å². The van der Waals surface area contributed by atoms with Crippen molar-refractivity contribution >= 4 is 22.2 Å². The Morgan fingerprint density at radius 2 is 2.10 bits per heavy atom. The molecule has 0 bridgehead atoms. The first kappa shape index (κ1) is 14.9. The molecule has 0 saturated carbocycles. The van der Waals surface area contributed by atoms with E-state index in [1.807, 2.05) is 30.3 Å². The van der Waals surface area contributed by atoms with Crippen LogP contribution in [0.1, 0.15) is 41.0 Å². The van der Waals surface area contributed by atoms with Crippen molar-refractivity contribution in [1.29, 1.82) is 0 Å². The zero-order chi connectivity index (χ0) is 14.9. The predicted octanol–water partition coefficient (Wildman–Crippen LogP) is 1.51. The van der Waals surface area contributed by atoms with Gasteiger partial charge >= 0.3 is 0 Å². The quantitative estimate of drug-likeness (QED) is 0.908. The molecule has 2 heterocycles. The van der Waals surface area contributed by atoms with Crippen molar-refractivity contribution in [2.75, 3.05) is 27.2 Å². The first-order valence-corrected chi connectivity index (χ1v) is 7.50. The van der Waals surface area contributed by atoms with Crippen LogP contribution in [0.4, 0.5) is 0 Å². The number of likely N-dealkylation sites (N-methyl/N-ethyl adjacent to an activating group) is 1. The average Bonchev–Trinajstić information content (AvgIpc) is 2.89. The summed E-state index contributed by atoms with van der Waals surface area (Å²) in [5.74, 6) is 1.15. The van der Waals surface area contributed by atoms with Crippen LogP contribution in [0.25, 0.3) is 4.96 Å². The lowest BCUT2D eigenvalue weighted by molar-refractivity contribution is 0.0954. The molecule has 0 aliphatic rings. The van der Waals surface area contributed by atoms with Crippen LogP contribution in [0, 0.1) is 6.92 Å². The molecular weight excluding hydrogens is 274 g/mol. The zero-order valence-electron chi connectivity index (χ0n) is 12.6. The first-order valence-electron chi connectivity index (χ1n) is 6.69. The average molecular weight is 295 g/mol. The number of hydrogen-bond acceptors (Lipinski definition) is 5. The summed E-state index contributed by atoms with van der Waals surface area (Å²) in [4.78, 5) is 15.8. The molecule has 0 atom stereocenters. The van der Waals surface area contributed by atoms with Crippen LogP contribution in [0.2, 0.25) is 0 Å². The van der Waals surface area contributed by atoms with E-state index in [0.29, 0.717) is 6.54 Å². The molecule has 0 aromatic carbocycles. The highest BCUT2D eigenvalue weighted by molar-refractivity contribution is 7.19. The molecule has 2 aromatic heterocycles. The lowest BCUT2D eigenvalue weighted by Crippen LogP contribution is -2.31. The second kappa shape index (κ2) is 5.88. The van der Waals surface area contributed by atoms with Gasteiger partial charge in [-0.1, -0.05) is 25.2 Å². The molecule has 2 rings (SSSR count). The fraction of sp³-hybridized carbons (Fsp3) is 0.615. The number of aryl methyl sites for hydroxylation is 1. The van der Waals surface area contributed by atoms with Gasteiger partial charge in [0.2, 0.25) is 4.96 Å². The minimum Gasteiger partial charge on any atom is -0.350 e. The molecule has 0 aliphatic carbocycles. The van der Waals surface area contributed by atoms with Crippen molar-refractivity contribution in [2.45, 2.75) is 26.7 Å². The van der Waals surface area contributed by atoms with Crippen LogP contribution in [0.3, 0.4) is 0 Å². The van der Waals surface area contributed by atoms with Gasteiger partial charge < -0.3 is 10.2 Å². The number of amides is 1. The summed E-state index contributed by atoms with van der Waals surface area (Å²) in [7, 11) is 3.97. The van der Waals surface area contributed by atoms with Crippen molar-refractivity contribution in [2.24, 2.45) is 0 Å². The Hall–Kier alpha value is -1.47. The van der Waals surface area contributed by atoms with Gasteiger partial charge in [-0.15, -0.1) is 10.2 Å². The molecule has 0 unspecified atom stereocenters. The summed E-state index contributed by atoms with van der Waals surface area (Å²) >= 11 is 1.39. The van der Waals surface area contributed by atoms with Gasteiger partial charge in [-0.3, -0.25) is 9.20 Å². The van der Waals surface area contributed by atoms with Crippen molar-refractivity contribution in [3.63, 3.8) is 0 Å². The third kappa shape index (κ3) is 2.83. The molecule has 1 N–H and O–H groups in total. The molecule has 110 valence electrons. The van der Waals surface area contributed by atoms with E-state index in [2.05, 4.69) is 29.4 Å². The van der Waals surface area contributed by atoms with Gasteiger partial charge in [0.1, 0.15) is 10.7 Å². The molecule has 1 amide bonds. The molecule has 0 saturated heterocycles. The molecule has 0 spiro atoms. The maximum atomic E-state index is 12.2. The van der Waals surface area contributed by atoms with Crippen molar-refractivity contribution in [1.82, 2.24) is 24.8 Å². The number of thiazole rings is 1. The predicted molar refractivity (Wildman–Crippen MR) is 80.6 cm³/mol. The highest BCUT2D eigenvalue weighted by atomic mass is 32.1. The van der Waals surface area contributed by atoms with E-state index in [1.165, 1.54) is 11.3 Å². The SMILES string of the molecule is Cc1c(C(=O)NCCN(C)C)sc2nnc(C(C)C)n12. The number of carbonyl (C=O) groups is 1. The smallest absolute Gasteiger partial charge is 0.263 e. The molecule has 0 radical (unpaired) electrons. The second-order valence-corrected chi connectivity index (χ2v) is 6.38. The Labute approximate surface area is 122 Å². The topological polar surface area (TPSA) is 62.5 Å². The third-order valence-corrected chi connectivity index (χ3v) is 4.21. The van der Waals surface area contributed by atoms with E-state index in [-0.39, 0.29) is 11.8 Å². The normalized spacial score (nSPS) is 11.8. The van der Waals surface area contributed by atoms with Crippen LogP contribution < -0.4 is 5.32 Å². The fourth-order valence-electron chi connectivity index (χ4n) is 1.99. The van der Waals surface area contributed by atoms with Crippen LogP contribution in [0.15, 0.2) is 0 Å². The number of hydrogen-bond donors (Lipinski definition) is 1. The number of nitrogens with zero attached hydrogens (tertiary/aromatic N) is 4. The number of carbonyl (C=O) groups excluding carboxylic acids is 1. The van der Waals surface area contributed by atoms with E-state index in [9.17, 15) is 4.79 Å². The van der Waals surface area contributed by atoms with Gasteiger partial charge in [-0.05, 0) is 21.0 Å². The molecule has 6 nitrogen and oxygen atoms in total. The van der Waals surface area contributed by atoms with Gasteiger partial charge in [0.15, 0.2) is 0 Å². The van der Waals surface area contributed by atoms with E-state index in [4.69, 9.17) is 0 Å². The van der Waals surface area contributed by atoms with Crippen molar-refractivity contribution in [3.8, 4) is 0 Å². The van der Waals surface area contributed by atoms with Crippen molar-refractivity contribution in [3.05, 3.63) is 16.4 Å². The molecular formula is C13H21N5OS. The number of aromatic nitrogens is 3. The number of nitrogens with one attached hydrogen (secondary N) is 1. The van der Waals surface area contributed by atoms with E-state index >= 15 is 0 Å². The Morgan fingerprint density at radius 1 is 1.40 bits per heavy atom. The van der Waals surface area contributed by atoms with E-state index in [1.54, 1.807) is 0 Å². The van der Waals surface area contributed by atoms with Crippen LogP contribution in [-0.4, -0.2) is 52.6 Å². The molecule has 0 aliphatic heterocycles. The van der Waals surface area contributed by atoms with Gasteiger partial charge in [-0.2, -0.15) is 0 Å². The van der Waals surface area contributed by atoms with E-state index in [0.717, 1.165) is 27.9 Å². The Morgan fingerprint density at radius 3 is 2.70 bits per heavy atom. The summed E-state index contributed by atoms with van der Waals surface area (Å²) < 4.78 is 1.98. The van der Waals surface area contributed by atoms with Crippen LogP contribution in [0.5, 0.6) is 0 Å². The summed E-state index contributed by atoms with van der Waals surface area (Å²) in [5.41, 5.74) is 0.918. The van der Waals surface area contributed by atoms with Gasteiger partial charge in [0, 0.05) is 24.7 Å². The Kier molecular flexibility index (Phi) is 4.39. The fourth-order valence-corrected chi connectivity index (χ4v) is 2.98. The largest absolute Gasteiger partial charge is 0.350 e. The second-order valence-electron chi connectivity index (χ2n) is 5.41. The highest BCUT2D eigenvalue weighted by Gasteiger charge is 2.20. The molecule has 2 aromatic rings. The lowest BCUT2D eigenvalue weighted by Gasteiger charge is -2.10. The van der Waals surface area contributed by atoms with Crippen LogP contribution in [-0.2, 0) is 0 Å². The van der Waals surface area contributed by atoms with Crippen LogP contribution >= 0.6 is 11.3 Å². The minimum absolute atomic E-state index is 0.0328. The van der Waals surface area contributed by atoms with E-state index < -0.39 is 0 Å². The number of rotatable bonds is 5. The molecule has 7 heteroatoms. The summed E-state index contributed by atoms with van der Waals surface area (Å²) in [6.45, 7) is 7.56. The summed E-state index contributed by atoms with van der Waals surface area (Å²) in [5, 5.41) is 11.3. The third-order valence-electron chi connectivity index (χ3n) is 3.08. The highest BCUT2D eigenvalue weighted by Crippen LogP contribution is 2.25. The summed E-state index contributed by atoms with van der Waals surface area (Å²) in [6.07, 6.45) is 0. The summed E-state index contributed by atoms with van der Waals surface area (Å²) in [6, 6.07) is 0. The Bertz CT molecular complexity index is 614. The standard InChI is InChI=1S/C13H21N5OS/c1-8(2)11-15-16-13-18(11)9(3)10(20-13)12(19)14-6-7-17(4)5/h8H,6-7H2,1-5H3,(H,14,19). The monoisotopic (exact) mass is 295 g/mol. The first-order chi connectivity index (χ1) is 9.41. The zero-order valence-corrected chi connectivity index (χ0v) is 13.4. The maximum absolute atomic E-state index is 12.2. The maximum Gasteiger partial charge on any atom is 0.263 e. The lowest BCUT2D eigenvalue weighted by atomic mass is 10.2. The molecule has 0 fully saturated rings. The van der Waals surface area contributed by atoms with Crippen molar-refractivity contribution < 1.29 is 4.79 Å². The number of fused-ring (bicyclic) bond motifs is 1. The minimum atomic E-state index is -0.0328. The Balaban J connectivity index is 2.22. The van der Waals surface area contributed by atoms with Gasteiger partial charge in [0.05, 0.1) is 0 Å². The van der Waals surface area contributed by atoms with Gasteiger partial charge in [-0.25, -0.2) is 0 Å². The molecule has 20 heavy (non-hydrogen) atoms.